The van der Waals surface area contributed by atoms with Gasteiger partial charge >= 0.3 is 0 Å². The number of nitrogens with one attached hydrogen (secondary N) is 1. The van der Waals surface area contributed by atoms with Gasteiger partial charge in [-0.3, -0.25) is 14.8 Å². The first-order chi connectivity index (χ1) is 11.1. The lowest BCUT2D eigenvalue weighted by atomic mass is 10.1. The summed E-state index contributed by atoms with van der Waals surface area (Å²) < 4.78 is 0. The van der Waals surface area contributed by atoms with E-state index in [0.29, 0.717) is 5.56 Å². The van der Waals surface area contributed by atoms with E-state index in [2.05, 4.69) is 15.4 Å². The van der Waals surface area contributed by atoms with Crippen molar-refractivity contribution >= 4 is 17.3 Å². The van der Waals surface area contributed by atoms with Crippen LogP contribution in [-0.4, -0.2) is 23.1 Å². The number of carbonyl (C=O) groups is 1. The van der Waals surface area contributed by atoms with Gasteiger partial charge in [-0.1, -0.05) is 6.07 Å². The van der Waals surface area contributed by atoms with E-state index in [4.69, 9.17) is 0 Å². The Labute approximate surface area is 136 Å². The number of hydrogen-bond acceptors (Lipinski definition) is 4. The number of amides is 1. The first kappa shape index (κ1) is 15.2. The van der Waals surface area contributed by atoms with Crippen molar-refractivity contribution in [2.24, 2.45) is 5.10 Å². The molecule has 23 heavy (non-hydrogen) atoms. The third-order valence-electron chi connectivity index (χ3n) is 3.88. The molecule has 1 amide bonds. The van der Waals surface area contributed by atoms with Crippen molar-refractivity contribution in [1.82, 2.24) is 10.3 Å². The number of hydrazone groups is 1. The van der Waals surface area contributed by atoms with Gasteiger partial charge in [0, 0.05) is 30.4 Å². The maximum atomic E-state index is 12.3. The normalized spacial score (nSPS) is 15.2. The van der Waals surface area contributed by atoms with Crippen LogP contribution in [0.3, 0.4) is 0 Å². The maximum Gasteiger partial charge on any atom is 0.251 e. The second kappa shape index (κ2) is 6.60. The molecule has 1 N–H and O–H groups in total. The van der Waals surface area contributed by atoms with Crippen molar-refractivity contribution in [2.75, 3.05) is 11.6 Å². The molecule has 118 valence electrons. The van der Waals surface area contributed by atoms with Crippen LogP contribution in [0.1, 0.15) is 42.4 Å². The smallest absolute Gasteiger partial charge is 0.251 e. The summed E-state index contributed by atoms with van der Waals surface area (Å²) in [7, 11) is 0. The van der Waals surface area contributed by atoms with Gasteiger partial charge in [0.25, 0.3) is 5.91 Å². The summed E-state index contributed by atoms with van der Waals surface area (Å²) in [4.78, 5) is 16.6. The molecule has 0 aliphatic carbocycles. The van der Waals surface area contributed by atoms with Gasteiger partial charge in [-0.15, -0.1) is 0 Å². The van der Waals surface area contributed by atoms with Gasteiger partial charge in [-0.2, -0.15) is 5.10 Å². The lowest BCUT2D eigenvalue weighted by Crippen LogP contribution is -2.27. The summed E-state index contributed by atoms with van der Waals surface area (Å²) in [6.07, 6.45) is 2.72. The molecule has 1 aromatic carbocycles. The number of anilines is 1. The van der Waals surface area contributed by atoms with Crippen LogP contribution >= 0.6 is 0 Å². The van der Waals surface area contributed by atoms with Crippen molar-refractivity contribution < 1.29 is 4.79 Å². The monoisotopic (exact) mass is 308 g/mol. The van der Waals surface area contributed by atoms with Crippen LogP contribution in [0.5, 0.6) is 0 Å². The molecule has 1 atom stereocenters. The quantitative estimate of drug-likeness (QED) is 0.944. The Bertz CT molecular complexity index is 710. The van der Waals surface area contributed by atoms with Crippen molar-refractivity contribution in [2.45, 2.75) is 26.3 Å². The van der Waals surface area contributed by atoms with E-state index in [0.717, 1.165) is 30.1 Å². The molecule has 0 radical (unpaired) electrons. The van der Waals surface area contributed by atoms with E-state index < -0.39 is 0 Å². The highest BCUT2D eigenvalue weighted by molar-refractivity contribution is 5.94. The molecule has 0 spiro atoms. The first-order valence-corrected chi connectivity index (χ1v) is 7.77. The number of aromatic nitrogens is 1. The molecule has 0 saturated carbocycles. The highest BCUT2D eigenvalue weighted by atomic mass is 16.1. The second-order valence-electron chi connectivity index (χ2n) is 5.71. The van der Waals surface area contributed by atoms with Crippen LogP contribution in [-0.2, 0) is 0 Å². The van der Waals surface area contributed by atoms with E-state index in [9.17, 15) is 4.79 Å². The second-order valence-corrected chi connectivity index (χ2v) is 5.71. The summed E-state index contributed by atoms with van der Waals surface area (Å²) in [5.74, 6) is -0.101. The minimum atomic E-state index is -0.130. The van der Waals surface area contributed by atoms with E-state index in [-0.39, 0.29) is 11.9 Å². The largest absolute Gasteiger partial charge is 0.344 e. The Hall–Kier alpha value is -2.69. The number of benzene rings is 1. The third kappa shape index (κ3) is 3.56. The van der Waals surface area contributed by atoms with Gasteiger partial charge in [0.15, 0.2) is 0 Å². The molecule has 1 aliphatic heterocycles. The Morgan fingerprint density at radius 1 is 1.22 bits per heavy atom. The fraction of sp³-hybridized carbons (Fsp3) is 0.278. The molecule has 5 heteroatoms. The zero-order valence-corrected chi connectivity index (χ0v) is 13.4. The molecule has 1 unspecified atom stereocenters. The molecular formula is C18H20N4O. The summed E-state index contributed by atoms with van der Waals surface area (Å²) in [5, 5.41) is 9.39. The van der Waals surface area contributed by atoms with Crippen molar-refractivity contribution in [3.8, 4) is 0 Å². The molecular weight excluding hydrogens is 288 g/mol. The highest BCUT2D eigenvalue weighted by Crippen LogP contribution is 2.20. The van der Waals surface area contributed by atoms with E-state index in [1.807, 2.05) is 61.3 Å². The van der Waals surface area contributed by atoms with Gasteiger partial charge in [0.05, 0.1) is 17.4 Å². The molecule has 1 aromatic heterocycles. The average molecular weight is 308 g/mol. The molecule has 1 aliphatic rings. The number of carbonyl (C=O) groups excluding carboxylic acids is 1. The van der Waals surface area contributed by atoms with E-state index >= 15 is 0 Å². The van der Waals surface area contributed by atoms with Crippen molar-refractivity contribution in [1.29, 1.82) is 0 Å². The third-order valence-corrected chi connectivity index (χ3v) is 3.88. The minimum absolute atomic E-state index is 0.101. The Kier molecular flexibility index (Phi) is 4.37. The minimum Gasteiger partial charge on any atom is -0.344 e. The molecule has 0 bridgehead atoms. The average Bonchev–Trinajstić information content (AvgIpc) is 3.02. The SMILES string of the molecule is CC1=NN(c2ccc(C(=O)NC(C)c3ccccn3)cc2)CC1. The van der Waals surface area contributed by atoms with Crippen LogP contribution < -0.4 is 10.3 Å². The van der Waals surface area contributed by atoms with Crippen molar-refractivity contribution in [3.05, 3.63) is 59.9 Å². The van der Waals surface area contributed by atoms with E-state index in [1.165, 1.54) is 0 Å². The van der Waals surface area contributed by atoms with Gasteiger partial charge in [-0.05, 0) is 50.2 Å². The van der Waals surface area contributed by atoms with Gasteiger partial charge < -0.3 is 5.32 Å². The fourth-order valence-electron chi connectivity index (χ4n) is 2.53. The van der Waals surface area contributed by atoms with Gasteiger partial charge in [0.2, 0.25) is 0 Å². The summed E-state index contributed by atoms with van der Waals surface area (Å²) in [6.45, 7) is 4.85. The van der Waals surface area contributed by atoms with Crippen LogP contribution in [0, 0.1) is 0 Å². The van der Waals surface area contributed by atoms with Crippen molar-refractivity contribution in [3.63, 3.8) is 0 Å². The molecule has 2 heterocycles. The van der Waals surface area contributed by atoms with Gasteiger partial charge in [-0.25, -0.2) is 0 Å². The number of hydrogen-bond donors (Lipinski definition) is 1. The number of nitrogens with zero attached hydrogens (tertiary/aromatic N) is 3. The van der Waals surface area contributed by atoms with Crippen LogP contribution in [0.4, 0.5) is 5.69 Å². The zero-order chi connectivity index (χ0) is 16.2. The molecule has 0 saturated heterocycles. The summed E-state index contributed by atoms with van der Waals surface area (Å²) in [6, 6.07) is 13.1. The topological polar surface area (TPSA) is 57.6 Å². The summed E-state index contributed by atoms with van der Waals surface area (Å²) in [5.41, 5.74) is 3.63. The standard InChI is InChI=1S/C18H20N4O/c1-13-10-12-22(21-13)16-8-6-15(7-9-16)18(23)20-14(2)17-5-3-4-11-19-17/h3-9,11,14H,10,12H2,1-2H3,(H,20,23). The Morgan fingerprint density at radius 2 is 2.00 bits per heavy atom. The number of pyridine rings is 1. The van der Waals surface area contributed by atoms with Crippen LogP contribution in [0.15, 0.2) is 53.8 Å². The first-order valence-electron chi connectivity index (χ1n) is 7.77. The maximum absolute atomic E-state index is 12.3. The molecule has 3 rings (SSSR count). The molecule has 5 nitrogen and oxygen atoms in total. The Balaban J connectivity index is 1.66. The highest BCUT2D eigenvalue weighted by Gasteiger charge is 2.15. The fourth-order valence-corrected chi connectivity index (χ4v) is 2.53. The molecule has 0 fully saturated rings. The lowest BCUT2D eigenvalue weighted by molar-refractivity contribution is 0.0939. The lowest BCUT2D eigenvalue weighted by Gasteiger charge is -2.15. The molecule has 2 aromatic rings. The Morgan fingerprint density at radius 3 is 2.61 bits per heavy atom. The van der Waals surface area contributed by atoms with Crippen LogP contribution in [0.25, 0.3) is 0 Å². The van der Waals surface area contributed by atoms with Gasteiger partial charge in [0.1, 0.15) is 0 Å². The predicted molar refractivity (Wildman–Crippen MR) is 91.6 cm³/mol. The van der Waals surface area contributed by atoms with E-state index in [1.54, 1.807) is 6.20 Å². The number of rotatable bonds is 4. The predicted octanol–water partition coefficient (Wildman–Crippen LogP) is 3.16. The van der Waals surface area contributed by atoms with Crippen LogP contribution in [0.2, 0.25) is 0 Å². The zero-order valence-electron chi connectivity index (χ0n) is 13.4. The summed E-state index contributed by atoms with van der Waals surface area (Å²) >= 11 is 0.